The van der Waals surface area contributed by atoms with Gasteiger partial charge >= 0.3 is 0 Å². The third kappa shape index (κ3) is 2.82. The molecule has 1 saturated heterocycles. The van der Waals surface area contributed by atoms with Gasteiger partial charge in [-0.15, -0.1) is 0 Å². The molecule has 1 rings (SSSR count). The van der Waals surface area contributed by atoms with Crippen molar-refractivity contribution < 1.29 is 0 Å². The van der Waals surface area contributed by atoms with Crippen LogP contribution >= 0.6 is 0 Å². The van der Waals surface area contributed by atoms with Gasteiger partial charge in [0.1, 0.15) is 0 Å². The summed E-state index contributed by atoms with van der Waals surface area (Å²) in [6.07, 6.45) is 5.63. The molecule has 0 aromatic heterocycles. The van der Waals surface area contributed by atoms with E-state index in [4.69, 9.17) is 0 Å². The van der Waals surface area contributed by atoms with Crippen LogP contribution in [0.15, 0.2) is 0 Å². The van der Waals surface area contributed by atoms with Gasteiger partial charge in [0.15, 0.2) is 0 Å². The molecule has 0 aliphatic carbocycles. The van der Waals surface area contributed by atoms with Crippen molar-refractivity contribution in [2.75, 3.05) is 13.1 Å². The second kappa shape index (κ2) is 4.76. The van der Waals surface area contributed by atoms with E-state index in [1.807, 2.05) is 0 Å². The summed E-state index contributed by atoms with van der Waals surface area (Å²) in [6.45, 7) is 7.18. The summed E-state index contributed by atoms with van der Waals surface area (Å²) >= 11 is 0. The van der Waals surface area contributed by atoms with E-state index < -0.39 is 0 Å². The molecule has 0 saturated carbocycles. The van der Waals surface area contributed by atoms with Gasteiger partial charge in [-0.3, -0.25) is 0 Å². The average Bonchev–Trinajstić information content (AvgIpc) is 1.98. The Balaban J connectivity index is 2.33. The minimum Gasteiger partial charge on any atom is -0.316 e. The van der Waals surface area contributed by atoms with Crippen LogP contribution in [0.5, 0.6) is 0 Å². The molecular formula is C10H21N. The normalized spacial score (nSPS) is 34.4. The molecule has 2 unspecified atom stereocenters. The molecule has 0 amide bonds. The van der Waals surface area contributed by atoms with Crippen molar-refractivity contribution in [3.05, 3.63) is 0 Å². The van der Waals surface area contributed by atoms with Gasteiger partial charge in [-0.25, -0.2) is 0 Å². The van der Waals surface area contributed by atoms with E-state index >= 15 is 0 Å². The van der Waals surface area contributed by atoms with Crippen LogP contribution < -0.4 is 5.32 Å². The van der Waals surface area contributed by atoms with Crippen LogP contribution in [0, 0.1) is 11.8 Å². The fourth-order valence-corrected chi connectivity index (χ4v) is 2.04. The van der Waals surface area contributed by atoms with Crippen molar-refractivity contribution >= 4 is 0 Å². The third-order valence-corrected chi connectivity index (χ3v) is 2.97. The number of hydrogen-bond acceptors (Lipinski definition) is 1. The van der Waals surface area contributed by atoms with Gasteiger partial charge < -0.3 is 5.32 Å². The molecule has 2 atom stereocenters. The molecule has 1 nitrogen and oxygen atoms in total. The third-order valence-electron chi connectivity index (χ3n) is 2.97. The average molecular weight is 155 g/mol. The van der Waals surface area contributed by atoms with Crippen LogP contribution in [0.25, 0.3) is 0 Å². The molecular weight excluding hydrogens is 134 g/mol. The zero-order chi connectivity index (χ0) is 8.10. The summed E-state index contributed by atoms with van der Waals surface area (Å²) in [7, 11) is 0. The van der Waals surface area contributed by atoms with Crippen molar-refractivity contribution in [1.82, 2.24) is 5.32 Å². The summed E-state index contributed by atoms with van der Waals surface area (Å²) in [5.41, 5.74) is 0. The van der Waals surface area contributed by atoms with Gasteiger partial charge in [-0.1, -0.05) is 33.1 Å². The molecule has 0 bridgehead atoms. The van der Waals surface area contributed by atoms with Crippen LogP contribution in [0.4, 0.5) is 0 Å². The van der Waals surface area contributed by atoms with E-state index in [0.717, 1.165) is 11.8 Å². The van der Waals surface area contributed by atoms with Crippen LogP contribution in [0.1, 0.15) is 39.5 Å². The largest absolute Gasteiger partial charge is 0.316 e. The van der Waals surface area contributed by atoms with E-state index in [1.165, 1.54) is 38.8 Å². The topological polar surface area (TPSA) is 12.0 Å². The Bertz CT molecular complexity index is 101. The van der Waals surface area contributed by atoms with Gasteiger partial charge in [0.2, 0.25) is 0 Å². The Labute approximate surface area is 70.6 Å². The standard InChI is InChI=1S/C10H21N/c1-3-10-6-4-5-7-11-8-9(10)2/h9-11H,3-8H2,1-2H3. The van der Waals surface area contributed by atoms with Gasteiger partial charge in [-0.2, -0.15) is 0 Å². The zero-order valence-corrected chi connectivity index (χ0v) is 7.90. The maximum absolute atomic E-state index is 3.50. The molecule has 1 aliphatic heterocycles. The highest BCUT2D eigenvalue weighted by Crippen LogP contribution is 2.22. The molecule has 66 valence electrons. The maximum Gasteiger partial charge on any atom is -0.00205 e. The summed E-state index contributed by atoms with van der Waals surface area (Å²) in [6, 6.07) is 0. The highest BCUT2D eigenvalue weighted by Gasteiger charge is 2.16. The van der Waals surface area contributed by atoms with Crippen molar-refractivity contribution in [3.8, 4) is 0 Å². The predicted molar refractivity (Wildman–Crippen MR) is 49.7 cm³/mol. The molecule has 0 aromatic carbocycles. The molecule has 0 spiro atoms. The van der Waals surface area contributed by atoms with Gasteiger partial charge in [-0.05, 0) is 31.3 Å². The smallest absolute Gasteiger partial charge is 0.00205 e. The van der Waals surface area contributed by atoms with Crippen LogP contribution in [0.3, 0.4) is 0 Å². The Kier molecular flexibility index (Phi) is 3.92. The lowest BCUT2D eigenvalue weighted by Gasteiger charge is -2.25. The predicted octanol–water partition coefficient (Wildman–Crippen LogP) is 2.42. The van der Waals surface area contributed by atoms with Crippen LogP contribution in [0.2, 0.25) is 0 Å². The molecule has 1 heteroatoms. The first-order valence-electron chi connectivity index (χ1n) is 5.05. The summed E-state index contributed by atoms with van der Waals surface area (Å²) in [5, 5.41) is 3.50. The first-order valence-corrected chi connectivity index (χ1v) is 5.05. The number of rotatable bonds is 1. The molecule has 1 N–H and O–H groups in total. The minimum atomic E-state index is 0.889. The van der Waals surface area contributed by atoms with E-state index in [2.05, 4.69) is 19.2 Å². The van der Waals surface area contributed by atoms with Crippen LogP contribution in [-0.4, -0.2) is 13.1 Å². The fourth-order valence-electron chi connectivity index (χ4n) is 2.04. The molecule has 1 fully saturated rings. The first-order chi connectivity index (χ1) is 5.34. The minimum absolute atomic E-state index is 0.889. The van der Waals surface area contributed by atoms with Crippen LogP contribution in [-0.2, 0) is 0 Å². The quantitative estimate of drug-likeness (QED) is 0.613. The van der Waals surface area contributed by atoms with Crippen molar-refractivity contribution in [1.29, 1.82) is 0 Å². The van der Waals surface area contributed by atoms with Gasteiger partial charge in [0, 0.05) is 0 Å². The van der Waals surface area contributed by atoms with Crippen molar-refractivity contribution in [2.24, 2.45) is 11.8 Å². The SMILES string of the molecule is CCC1CCCCNCC1C. The summed E-state index contributed by atoms with van der Waals surface area (Å²) in [5.74, 6) is 1.86. The summed E-state index contributed by atoms with van der Waals surface area (Å²) in [4.78, 5) is 0. The van der Waals surface area contributed by atoms with E-state index in [9.17, 15) is 0 Å². The van der Waals surface area contributed by atoms with E-state index in [0.29, 0.717) is 0 Å². The molecule has 1 aliphatic rings. The lowest BCUT2D eigenvalue weighted by atomic mass is 9.86. The lowest BCUT2D eigenvalue weighted by molar-refractivity contribution is 0.286. The Morgan fingerprint density at radius 2 is 2.18 bits per heavy atom. The van der Waals surface area contributed by atoms with Crippen molar-refractivity contribution in [3.63, 3.8) is 0 Å². The van der Waals surface area contributed by atoms with Gasteiger partial charge in [0.25, 0.3) is 0 Å². The zero-order valence-electron chi connectivity index (χ0n) is 7.90. The first kappa shape index (κ1) is 9.05. The Morgan fingerprint density at radius 1 is 1.36 bits per heavy atom. The second-order valence-electron chi connectivity index (χ2n) is 3.85. The molecule has 0 radical (unpaired) electrons. The highest BCUT2D eigenvalue weighted by molar-refractivity contribution is 4.70. The van der Waals surface area contributed by atoms with E-state index in [1.54, 1.807) is 0 Å². The van der Waals surface area contributed by atoms with E-state index in [-0.39, 0.29) is 0 Å². The molecule has 1 heterocycles. The fraction of sp³-hybridized carbons (Fsp3) is 1.00. The number of hydrogen-bond donors (Lipinski definition) is 1. The highest BCUT2D eigenvalue weighted by atomic mass is 14.9. The maximum atomic E-state index is 3.50. The van der Waals surface area contributed by atoms with Crippen molar-refractivity contribution in [2.45, 2.75) is 39.5 Å². The monoisotopic (exact) mass is 155 g/mol. The lowest BCUT2D eigenvalue weighted by Crippen LogP contribution is -2.29. The Hall–Kier alpha value is -0.0400. The molecule has 0 aromatic rings. The molecule has 11 heavy (non-hydrogen) atoms. The Morgan fingerprint density at radius 3 is 2.91 bits per heavy atom. The summed E-state index contributed by atoms with van der Waals surface area (Å²) < 4.78 is 0. The second-order valence-corrected chi connectivity index (χ2v) is 3.85. The number of nitrogens with one attached hydrogen (secondary N) is 1. The van der Waals surface area contributed by atoms with Gasteiger partial charge in [0.05, 0.1) is 0 Å².